The lowest BCUT2D eigenvalue weighted by Crippen LogP contribution is -2.21. The van der Waals surface area contributed by atoms with Crippen LogP contribution in [0.15, 0.2) is 4.99 Å². The minimum Gasteiger partial charge on any atom is -0.323 e. The molecule has 2 nitrogen and oxygen atoms in total. The van der Waals surface area contributed by atoms with Crippen molar-refractivity contribution in [2.24, 2.45) is 10.7 Å². The van der Waals surface area contributed by atoms with Crippen molar-refractivity contribution in [1.82, 2.24) is 0 Å². The predicted octanol–water partition coefficient (Wildman–Crippen LogP) is 1.79. The molecule has 0 heterocycles. The first-order valence-corrected chi connectivity index (χ1v) is 5.37. The molecular weight excluding hydrogens is 156 g/mol. The van der Waals surface area contributed by atoms with Gasteiger partial charge in [-0.15, -0.1) is 0 Å². The molecule has 0 spiro atoms. The fraction of sp³-hybridized carbons (Fsp3) is 0.875. The summed E-state index contributed by atoms with van der Waals surface area (Å²) in [6, 6.07) is 0.155. The van der Waals surface area contributed by atoms with E-state index in [0.29, 0.717) is 0 Å². The highest BCUT2D eigenvalue weighted by molar-refractivity contribution is 7.98. The van der Waals surface area contributed by atoms with Crippen LogP contribution in [0, 0.1) is 0 Å². The summed E-state index contributed by atoms with van der Waals surface area (Å²) in [4.78, 5) is 3.83. The smallest absolute Gasteiger partial charge is 0.0402 e. The molecule has 2 N–H and O–H groups in total. The van der Waals surface area contributed by atoms with E-state index >= 15 is 0 Å². The Morgan fingerprint density at radius 3 is 2.45 bits per heavy atom. The van der Waals surface area contributed by atoms with Crippen molar-refractivity contribution in [2.75, 3.05) is 19.1 Å². The third kappa shape index (κ3) is 13.0. The summed E-state index contributed by atoms with van der Waals surface area (Å²) in [6.07, 6.45) is 4.89. The van der Waals surface area contributed by atoms with E-state index in [1.807, 2.05) is 25.6 Å². The second-order valence-corrected chi connectivity index (χ2v) is 2.84. The van der Waals surface area contributed by atoms with Gasteiger partial charge in [-0.2, -0.15) is 11.8 Å². The molecular formula is C8H20N2S. The molecule has 0 radical (unpaired) electrons. The third-order valence-electron chi connectivity index (χ3n) is 0.996. The quantitative estimate of drug-likeness (QED) is 0.663. The summed E-state index contributed by atoms with van der Waals surface area (Å²) in [6.45, 7) is 4.00. The van der Waals surface area contributed by atoms with E-state index in [1.54, 1.807) is 13.3 Å². The van der Waals surface area contributed by atoms with Crippen LogP contribution in [0.5, 0.6) is 0 Å². The maximum absolute atomic E-state index is 5.61. The number of aliphatic imine (C=N–C) groups is 1. The molecule has 0 amide bonds. The van der Waals surface area contributed by atoms with Gasteiger partial charge in [0.25, 0.3) is 0 Å². The van der Waals surface area contributed by atoms with Crippen LogP contribution in [0.2, 0.25) is 0 Å². The molecule has 0 fully saturated rings. The minimum atomic E-state index is 0.155. The molecule has 0 aliphatic rings. The zero-order valence-corrected chi connectivity index (χ0v) is 8.82. The third-order valence-corrected chi connectivity index (χ3v) is 1.64. The largest absolute Gasteiger partial charge is 0.323 e. The van der Waals surface area contributed by atoms with Gasteiger partial charge < -0.3 is 5.73 Å². The predicted molar refractivity (Wildman–Crippen MR) is 56.7 cm³/mol. The van der Waals surface area contributed by atoms with Gasteiger partial charge in [-0.3, -0.25) is 4.99 Å². The first-order chi connectivity index (χ1) is 5.31. The van der Waals surface area contributed by atoms with Crippen molar-refractivity contribution in [2.45, 2.75) is 26.3 Å². The molecule has 0 aromatic carbocycles. The molecule has 0 bridgehead atoms. The Hall–Kier alpha value is -0.0200. The standard InChI is InChI=1S/C6H14N2S.C2H6/c1-8-5-6(7)3-4-9-2;1-2/h5-6H,3-4,7H2,1-2H3;1-2H3. The molecule has 0 aromatic rings. The molecule has 11 heavy (non-hydrogen) atoms. The molecule has 0 saturated heterocycles. The minimum absolute atomic E-state index is 0.155. The lowest BCUT2D eigenvalue weighted by Gasteiger charge is -2.01. The van der Waals surface area contributed by atoms with Crippen molar-refractivity contribution >= 4 is 18.0 Å². The Balaban J connectivity index is 0. The average Bonchev–Trinajstić information content (AvgIpc) is 2.05. The second kappa shape index (κ2) is 12.6. The molecule has 68 valence electrons. The van der Waals surface area contributed by atoms with Crippen LogP contribution in [0.25, 0.3) is 0 Å². The van der Waals surface area contributed by atoms with Gasteiger partial charge in [0.2, 0.25) is 0 Å². The van der Waals surface area contributed by atoms with Crippen LogP contribution >= 0.6 is 11.8 Å². The Labute approximate surface area is 74.7 Å². The Morgan fingerprint density at radius 2 is 2.09 bits per heavy atom. The maximum atomic E-state index is 5.61. The van der Waals surface area contributed by atoms with Gasteiger partial charge in [-0.1, -0.05) is 13.8 Å². The summed E-state index contributed by atoms with van der Waals surface area (Å²) in [5.74, 6) is 1.12. The van der Waals surface area contributed by atoms with Crippen molar-refractivity contribution in [3.8, 4) is 0 Å². The average molecular weight is 176 g/mol. The maximum Gasteiger partial charge on any atom is 0.0402 e. The molecule has 1 unspecified atom stereocenters. The lowest BCUT2D eigenvalue weighted by molar-refractivity contribution is 0.842. The first-order valence-electron chi connectivity index (χ1n) is 3.98. The van der Waals surface area contributed by atoms with E-state index in [2.05, 4.69) is 11.2 Å². The fourth-order valence-corrected chi connectivity index (χ4v) is 1.03. The van der Waals surface area contributed by atoms with Gasteiger partial charge in [0.05, 0.1) is 0 Å². The van der Waals surface area contributed by atoms with Crippen LogP contribution in [0.3, 0.4) is 0 Å². The first kappa shape index (κ1) is 13.6. The molecule has 1 atom stereocenters. The van der Waals surface area contributed by atoms with E-state index in [9.17, 15) is 0 Å². The molecule has 0 saturated carbocycles. The van der Waals surface area contributed by atoms with E-state index in [-0.39, 0.29) is 6.04 Å². The number of rotatable bonds is 4. The normalized spacial score (nSPS) is 12.5. The van der Waals surface area contributed by atoms with Gasteiger partial charge >= 0.3 is 0 Å². The topological polar surface area (TPSA) is 38.4 Å². The number of nitrogens with zero attached hydrogens (tertiary/aromatic N) is 1. The van der Waals surface area contributed by atoms with Gasteiger partial charge in [-0.25, -0.2) is 0 Å². The summed E-state index contributed by atoms with van der Waals surface area (Å²) >= 11 is 1.81. The van der Waals surface area contributed by atoms with Gasteiger partial charge in [0.1, 0.15) is 0 Å². The van der Waals surface area contributed by atoms with Crippen LogP contribution in [0.4, 0.5) is 0 Å². The zero-order chi connectivity index (χ0) is 9.11. The van der Waals surface area contributed by atoms with Crippen LogP contribution < -0.4 is 5.73 Å². The highest BCUT2D eigenvalue weighted by Gasteiger charge is 1.94. The second-order valence-electron chi connectivity index (χ2n) is 1.85. The van der Waals surface area contributed by atoms with E-state index in [0.717, 1.165) is 12.2 Å². The molecule has 0 aliphatic heterocycles. The van der Waals surface area contributed by atoms with Crippen LogP contribution in [0.1, 0.15) is 20.3 Å². The van der Waals surface area contributed by atoms with Crippen molar-refractivity contribution in [3.05, 3.63) is 0 Å². The fourth-order valence-electron chi connectivity index (χ4n) is 0.520. The van der Waals surface area contributed by atoms with Crippen molar-refractivity contribution in [3.63, 3.8) is 0 Å². The number of hydrogen-bond donors (Lipinski definition) is 1. The highest BCUT2D eigenvalue weighted by Crippen LogP contribution is 1.96. The summed E-state index contributed by atoms with van der Waals surface area (Å²) in [5.41, 5.74) is 5.61. The SMILES string of the molecule is CC.CN=CC(N)CCSC. The van der Waals surface area contributed by atoms with Crippen molar-refractivity contribution < 1.29 is 0 Å². The van der Waals surface area contributed by atoms with Crippen LogP contribution in [-0.4, -0.2) is 31.3 Å². The van der Waals surface area contributed by atoms with Gasteiger partial charge in [0.15, 0.2) is 0 Å². The lowest BCUT2D eigenvalue weighted by atomic mass is 10.3. The van der Waals surface area contributed by atoms with E-state index < -0.39 is 0 Å². The van der Waals surface area contributed by atoms with Gasteiger partial charge in [0, 0.05) is 19.3 Å². The van der Waals surface area contributed by atoms with Gasteiger partial charge in [-0.05, 0) is 18.4 Å². The highest BCUT2D eigenvalue weighted by atomic mass is 32.2. The van der Waals surface area contributed by atoms with Crippen LogP contribution in [-0.2, 0) is 0 Å². The molecule has 0 rings (SSSR count). The summed E-state index contributed by atoms with van der Waals surface area (Å²) in [5, 5.41) is 0. The van der Waals surface area contributed by atoms with E-state index in [1.165, 1.54) is 0 Å². The van der Waals surface area contributed by atoms with E-state index in [4.69, 9.17) is 5.73 Å². The number of hydrogen-bond acceptors (Lipinski definition) is 3. The number of nitrogens with two attached hydrogens (primary N) is 1. The van der Waals surface area contributed by atoms with Crippen molar-refractivity contribution in [1.29, 1.82) is 0 Å². The summed E-state index contributed by atoms with van der Waals surface area (Å²) < 4.78 is 0. The Bertz CT molecular complexity index is 84.2. The summed E-state index contributed by atoms with van der Waals surface area (Å²) in [7, 11) is 1.75. The molecule has 0 aliphatic carbocycles. The number of thioether (sulfide) groups is 1. The Morgan fingerprint density at radius 1 is 1.55 bits per heavy atom. The zero-order valence-electron chi connectivity index (χ0n) is 8.00. The molecule has 3 heteroatoms. The Kier molecular flexibility index (Phi) is 15.6. The monoisotopic (exact) mass is 176 g/mol. The molecule has 0 aromatic heterocycles.